The molecule has 0 aliphatic carbocycles. The number of ether oxygens (including phenoxy) is 3. The molecule has 0 radical (unpaired) electrons. The number of methoxy groups -OCH3 is 1. The number of alkyl halides is 1. The summed E-state index contributed by atoms with van der Waals surface area (Å²) >= 11 is 5.16. The highest BCUT2D eigenvalue weighted by Crippen LogP contribution is 2.11. The van der Waals surface area contributed by atoms with Crippen LogP contribution in [0.5, 0.6) is 0 Å². The van der Waals surface area contributed by atoms with E-state index < -0.39 is 0 Å². The minimum atomic E-state index is 0.0556. The fourth-order valence-electron chi connectivity index (χ4n) is 0.436. The van der Waals surface area contributed by atoms with E-state index in [0.717, 1.165) is 19.6 Å². The third-order valence-corrected chi connectivity index (χ3v) is 1.46. The van der Waals surface area contributed by atoms with Crippen LogP contribution in [-0.2, 0) is 14.2 Å². The van der Waals surface area contributed by atoms with Crippen LogP contribution in [0.1, 0.15) is 6.42 Å². The Morgan fingerprint density at radius 2 is 2.00 bits per heavy atom. The molecule has 60 valence electrons. The molecule has 3 nitrogen and oxygen atoms in total. The number of epoxide rings is 1. The van der Waals surface area contributed by atoms with Crippen molar-refractivity contribution in [3.63, 3.8) is 0 Å². The molecule has 2 unspecified atom stereocenters. The maximum atomic E-state index is 5.16. The van der Waals surface area contributed by atoms with Gasteiger partial charge in [-0.15, -0.1) is 0 Å². The van der Waals surface area contributed by atoms with E-state index >= 15 is 0 Å². The van der Waals surface area contributed by atoms with Gasteiger partial charge >= 0.3 is 0 Å². The molecule has 2 rings (SSSR count). The van der Waals surface area contributed by atoms with E-state index in [4.69, 9.17) is 21.1 Å². The van der Waals surface area contributed by atoms with Gasteiger partial charge in [0.2, 0.25) is 0 Å². The lowest BCUT2D eigenvalue weighted by atomic mass is 10.3. The number of halogens is 1. The Labute approximate surface area is 65.2 Å². The van der Waals surface area contributed by atoms with E-state index in [1.807, 2.05) is 0 Å². The molecule has 0 bridgehead atoms. The first-order valence-corrected chi connectivity index (χ1v) is 3.66. The highest BCUT2D eigenvalue weighted by molar-refractivity contribution is 6.21. The highest BCUT2D eigenvalue weighted by Gasteiger charge is 2.16. The molecular formula is C6H11ClO3. The molecule has 0 spiro atoms. The second kappa shape index (κ2) is 4.13. The fourth-order valence-corrected chi connectivity index (χ4v) is 0.509. The van der Waals surface area contributed by atoms with Gasteiger partial charge < -0.3 is 14.2 Å². The van der Waals surface area contributed by atoms with Gasteiger partial charge in [-0.2, -0.15) is 0 Å². The van der Waals surface area contributed by atoms with Gasteiger partial charge in [-0.1, -0.05) is 11.6 Å². The summed E-state index contributed by atoms with van der Waals surface area (Å²) in [5, 5.41) is 0. The van der Waals surface area contributed by atoms with E-state index in [0.29, 0.717) is 0 Å². The van der Waals surface area contributed by atoms with E-state index in [2.05, 4.69) is 4.74 Å². The maximum Gasteiger partial charge on any atom is 0.159 e. The van der Waals surface area contributed by atoms with Gasteiger partial charge in [-0.05, 0) is 0 Å². The molecule has 2 saturated heterocycles. The number of rotatable bonds is 1. The normalized spacial score (nSPS) is 35.4. The molecule has 10 heavy (non-hydrogen) atoms. The van der Waals surface area contributed by atoms with Crippen molar-refractivity contribution in [2.24, 2.45) is 0 Å². The molecule has 2 aliphatic heterocycles. The number of hydrogen-bond donors (Lipinski definition) is 0. The van der Waals surface area contributed by atoms with Crippen molar-refractivity contribution >= 4 is 11.6 Å². The van der Waals surface area contributed by atoms with E-state index in [-0.39, 0.29) is 11.9 Å². The summed E-state index contributed by atoms with van der Waals surface area (Å²) in [6.07, 6.45) is 1.18. The van der Waals surface area contributed by atoms with E-state index in [1.165, 1.54) is 0 Å². The third kappa shape index (κ3) is 3.37. The van der Waals surface area contributed by atoms with Crippen LogP contribution in [0.25, 0.3) is 0 Å². The summed E-state index contributed by atoms with van der Waals surface area (Å²) in [4.78, 5) is 0. The Morgan fingerprint density at radius 3 is 2.00 bits per heavy atom. The molecule has 2 atom stereocenters. The van der Waals surface area contributed by atoms with Crippen LogP contribution in [0.4, 0.5) is 0 Å². The average Bonchev–Trinajstić information content (AvgIpc) is 2.49. The molecule has 0 N–H and O–H groups in total. The first-order valence-electron chi connectivity index (χ1n) is 3.23. The summed E-state index contributed by atoms with van der Waals surface area (Å²) in [6, 6.07) is 0. The first kappa shape index (κ1) is 8.27. The maximum absolute atomic E-state index is 5.16. The summed E-state index contributed by atoms with van der Waals surface area (Å²) in [7, 11) is 1.66. The van der Waals surface area contributed by atoms with Crippen LogP contribution in [0.15, 0.2) is 0 Å². The minimum absolute atomic E-state index is 0.0556. The first-order chi connectivity index (χ1) is 4.83. The van der Waals surface area contributed by atoms with Crippen molar-refractivity contribution in [3.05, 3.63) is 0 Å². The van der Waals surface area contributed by atoms with Crippen molar-refractivity contribution in [2.75, 3.05) is 20.3 Å². The molecule has 2 aliphatic rings. The zero-order valence-corrected chi connectivity index (χ0v) is 6.63. The molecule has 4 heteroatoms. The zero-order valence-electron chi connectivity index (χ0n) is 5.88. The lowest BCUT2D eigenvalue weighted by Crippen LogP contribution is -2.27. The summed E-state index contributed by atoms with van der Waals surface area (Å²) in [5.74, 6) is 0. The fraction of sp³-hybridized carbons (Fsp3) is 1.00. The van der Waals surface area contributed by atoms with Crippen LogP contribution in [0.3, 0.4) is 0 Å². The second-order valence-electron chi connectivity index (χ2n) is 2.07. The largest absolute Gasteiger partial charge is 0.356 e. The van der Waals surface area contributed by atoms with Gasteiger partial charge in [0.25, 0.3) is 0 Å². The Kier molecular flexibility index (Phi) is 3.42. The van der Waals surface area contributed by atoms with Gasteiger partial charge in [0, 0.05) is 13.5 Å². The minimum Gasteiger partial charge on any atom is -0.356 e. The molecule has 0 aromatic carbocycles. The Balaban J connectivity index is 0.000000108. The molecule has 0 aromatic rings. The van der Waals surface area contributed by atoms with Crippen molar-refractivity contribution in [2.45, 2.75) is 18.3 Å². The Hall–Kier alpha value is 0.170. The quantitative estimate of drug-likeness (QED) is 0.430. The molecule has 0 aromatic heterocycles. The standard InChI is InChI=1S/C4H8O2.C2H3ClO/c1-5-4-2-3-6-4;3-2-1-4-2/h4H,2-3H2,1H3;2H,1H2. The number of hydrogen-bond acceptors (Lipinski definition) is 3. The second-order valence-corrected chi connectivity index (χ2v) is 2.55. The van der Waals surface area contributed by atoms with Gasteiger partial charge in [0.05, 0.1) is 13.2 Å². The third-order valence-electron chi connectivity index (χ3n) is 1.21. The van der Waals surface area contributed by atoms with Gasteiger partial charge in [0.15, 0.2) is 11.9 Å². The van der Waals surface area contributed by atoms with Crippen LogP contribution in [0.2, 0.25) is 0 Å². The van der Waals surface area contributed by atoms with E-state index in [9.17, 15) is 0 Å². The monoisotopic (exact) mass is 166 g/mol. The summed E-state index contributed by atoms with van der Waals surface area (Å²) < 4.78 is 14.1. The smallest absolute Gasteiger partial charge is 0.159 e. The van der Waals surface area contributed by atoms with Crippen molar-refractivity contribution in [1.29, 1.82) is 0 Å². The molecular weight excluding hydrogens is 156 g/mol. The van der Waals surface area contributed by atoms with Crippen molar-refractivity contribution in [3.8, 4) is 0 Å². The predicted octanol–water partition coefficient (Wildman–Crippen LogP) is 0.961. The summed E-state index contributed by atoms with van der Waals surface area (Å²) in [5.41, 5.74) is 0.0556. The van der Waals surface area contributed by atoms with Gasteiger partial charge in [0.1, 0.15) is 0 Å². The zero-order chi connectivity index (χ0) is 7.40. The van der Waals surface area contributed by atoms with Crippen LogP contribution in [-0.4, -0.2) is 32.2 Å². The molecule has 2 fully saturated rings. The predicted molar refractivity (Wildman–Crippen MR) is 37.0 cm³/mol. The van der Waals surface area contributed by atoms with Crippen molar-refractivity contribution in [1.82, 2.24) is 0 Å². The average molecular weight is 167 g/mol. The summed E-state index contributed by atoms with van der Waals surface area (Å²) in [6.45, 7) is 1.63. The lowest BCUT2D eigenvalue weighted by molar-refractivity contribution is -0.200. The van der Waals surface area contributed by atoms with Crippen LogP contribution in [0, 0.1) is 0 Å². The Morgan fingerprint density at radius 1 is 1.50 bits per heavy atom. The topological polar surface area (TPSA) is 31.0 Å². The molecule has 0 saturated carbocycles. The van der Waals surface area contributed by atoms with Crippen LogP contribution >= 0.6 is 11.6 Å². The van der Waals surface area contributed by atoms with Crippen LogP contribution < -0.4 is 0 Å². The Bertz CT molecular complexity index is 88.2. The highest BCUT2D eigenvalue weighted by atomic mass is 35.5. The van der Waals surface area contributed by atoms with E-state index in [1.54, 1.807) is 7.11 Å². The lowest BCUT2D eigenvalue weighted by Gasteiger charge is -2.23. The van der Waals surface area contributed by atoms with Gasteiger partial charge in [-0.25, -0.2) is 0 Å². The van der Waals surface area contributed by atoms with Crippen molar-refractivity contribution < 1.29 is 14.2 Å². The van der Waals surface area contributed by atoms with Gasteiger partial charge in [-0.3, -0.25) is 0 Å². The SMILES string of the molecule is COC1CCO1.ClC1CO1. The molecule has 0 amide bonds. The molecule has 2 heterocycles.